The molecule has 0 unspecified atom stereocenters. The fourth-order valence-corrected chi connectivity index (χ4v) is 3.94. The lowest BCUT2D eigenvalue weighted by atomic mass is 9.98. The second kappa shape index (κ2) is 7.22. The molecule has 2 heterocycles. The Morgan fingerprint density at radius 3 is 2.77 bits per heavy atom. The van der Waals surface area contributed by atoms with Gasteiger partial charge in [0, 0.05) is 31.2 Å². The van der Waals surface area contributed by atoms with Crippen molar-refractivity contribution in [3.63, 3.8) is 0 Å². The molecule has 138 valence electrons. The zero-order valence-electron chi connectivity index (χ0n) is 14.3. The first-order chi connectivity index (χ1) is 12.3. The number of aromatic nitrogens is 1. The fraction of sp³-hybridized carbons (Fsp3) is 0.294. The minimum atomic E-state index is -3.28. The predicted octanol–water partition coefficient (Wildman–Crippen LogP) is 2.31. The van der Waals surface area contributed by atoms with Crippen molar-refractivity contribution in [2.75, 3.05) is 25.2 Å². The third-order valence-electron chi connectivity index (χ3n) is 4.23. The maximum Gasteiger partial charge on any atom is 0.257 e. The number of halogens is 1. The number of anilines is 1. The third kappa shape index (κ3) is 3.82. The molecule has 1 aromatic heterocycles. The number of fused-ring (bicyclic) bond motifs is 1. The summed E-state index contributed by atoms with van der Waals surface area (Å²) in [6.07, 6.45) is 4.73. The molecule has 0 radical (unpaired) electrons. The number of pyridine rings is 1. The average molecular weight is 396 g/mol. The van der Waals surface area contributed by atoms with Crippen molar-refractivity contribution in [1.29, 1.82) is 0 Å². The summed E-state index contributed by atoms with van der Waals surface area (Å²) in [6.45, 7) is 0.557. The quantitative estimate of drug-likeness (QED) is 0.858. The number of amides is 1. The molecule has 9 heteroatoms. The zero-order chi connectivity index (χ0) is 18.9. The Kier molecular flexibility index (Phi) is 5.17. The summed E-state index contributed by atoms with van der Waals surface area (Å²) in [7, 11) is -1.77. The lowest BCUT2D eigenvalue weighted by Gasteiger charge is -2.27. The number of nitrogens with one attached hydrogen (secondary N) is 1. The second-order valence-electron chi connectivity index (χ2n) is 5.97. The number of methoxy groups -OCH3 is 1. The fourth-order valence-electron chi connectivity index (χ4n) is 2.89. The highest BCUT2D eigenvalue weighted by Crippen LogP contribution is 2.28. The molecule has 0 aliphatic carbocycles. The molecular weight excluding hydrogens is 378 g/mol. The molecular formula is C17H18ClN3O4S. The van der Waals surface area contributed by atoms with Gasteiger partial charge in [0.1, 0.15) is 5.75 Å². The van der Waals surface area contributed by atoms with Gasteiger partial charge < -0.3 is 10.1 Å². The second-order valence-corrected chi connectivity index (χ2v) is 8.36. The van der Waals surface area contributed by atoms with Gasteiger partial charge in [-0.3, -0.25) is 9.78 Å². The Hall–Kier alpha value is -2.16. The number of sulfonamides is 1. The van der Waals surface area contributed by atoms with Crippen LogP contribution in [0.1, 0.15) is 21.5 Å². The number of ether oxygens (including phenoxy) is 1. The third-order valence-corrected chi connectivity index (χ3v) is 5.77. The van der Waals surface area contributed by atoms with Crippen molar-refractivity contribution < 1.29 is 17.9 Å². The number of rotatable bonds is 4. The van der Waals surface area contributed by atoms with Crippen LogP contribution in [0.3, 0.4) is 0 Å². The minimum Gasteiger partial charge on any atom is -0.495 e. The first-order valence-corrected chi connectivity index (χ1v) is 10.1. The topological polar surface area (TPSA) is 88.6 Å². The molecule has 1 aliphatic heterocycles. The van der Waals surface area contributed by atoms with Crippen LogP contribution in [0.15, 0.2) is 30.6 Å². The smallest absolute Gasteiger partial charge is 0.257 e. The van der Waals surface area contributed by atoms with E-state index in [9.17, 15) is 13.2 Å². The molecule has 26 heavy (non-hydrogen) atoms. The Morgan fingerprint density at radius 2 is 2.12 bits per heavy atom. The summed E-state index contributed by atoms with van der Waals surface area (Å²) in [4.78, 5) is 16.8. The van der Waals surface area contributed by atoms with Gasteiger partial charge in [-0.2, -0.15) is 4.31 Å². The van der Waals surface area contributed by atoms with Crippen LogP contribution in [0.4, 0.5) is 5.69 Å². The first kappa shape index (κ1) is 18.6. The Balaban J connectivity index is 1.84. The van der Waals surface area contributed by atoms with E-state index in [1.165, 1.54) is 23.9 Å². The summed E-state index contributed by atoms with van der Waals surface area (Å²) in [5.74, 6) is 0.202. The number of hydrogen-bond donors (Lipinski definition) is 1. The summed E-state index contributed by atoms with van der Waals surface area (Å²) in [6, 6.07) is 4.96. The van der Waals surface area contributed by atoms with Crippen molar-refractivity contribution in [2.24, 2.45) is 0 Å². The van der Waals surface area contributed by atoms with Crippen LogP contribution in [-0.2, 0) is 23.0 Å². The van der Waals surface area contributed by atoms with Crippen LogP contribution >= 0.6 is 11.6 Å². The average Bonchev–Trinajstić information content (AvgIpc) is 2.60. The Labute approximate surface area is 157 Å². The van der Waals surface area contributed by atoms with Gasteiger partial charge in [0.25, 0.3) is 5.91 Å². The minimum absolute atomic E-state index is 0.219. The van der Waals surface area contributed by atoms with Crippen LogP contribution < -0.4 is 10.1 Å². The van der Waals surface area contributed by atoms with Crippen LogP contribution in [0.2, 0.25) is 5.02 Å². The van der Waals surface area contributed by atoms with Gasteiger partial charge in [0.05, 0.1) is 24.0 Å². The molecule has 0 atom stereocenters. The van der Waals surface area contributed by atoms with E-state index in [-0.39, 0.29) is 12.5 Å². The number of benzene rings is 1. The molecule has 0 fully saturated rings. The molecule has 0 saturated carbocycles. The molecule has 1 N–H and O–H groups in total. The Morgan fingerprint density at radius 1 is 1.35 bits per heavy atom. The van der Waals surface area contributed by atoms with Gasteiger partial charge in [0.2, 0.25) is 10.0 Å². The van der Waals surface area contributed by atoms with E-state index >= 15 is 0 Å². The highest BCUT2D eigenvalue weighted by Gasteiger charge is 2.26. The maximum atomic E-state index is 12.7. The van der Waals surface area contributed by atoms with E-state index in [4.69, 9.17) is 16.3 Å². The lowest BCUT2D eigenvalue weighted by Crippen LogP contribution is -2.36. The van der Waals surface area contributed by atoms with Gasteiger partial charge >= 0.3 is 0 Å². The maximum absolute atomic E-state index is 12.7. The standard InChI is InChI=1S/C17H18ClN3O4S/c1-25-16-4-3-12(7-15(16)18)20-17(22)14-9-19-8-11-10-21(26(2,23)24)6-5-13(11)14/h3-4,7-9H,5-6,10H2,1-2H3,(H,20,22). The molecule has 0 saturated heterocycles. The zero-order valence-corrected chi connectivity index (χ0v) is 15.9. The van der Waals surface area contributed by atoms with E-state index in [1.54, 1.807) is 24.4 Å². The normalized spacial score (nSPS) is 14.6. The van der Waals surface area contributed by atoms with Crippen molar-refractivity contribution in [3.05, 3.63) is 52.3 Å². The van der Waals surface area contributed by atoms with Crippen LogP contribution in [0.25, 0.3) is 0 Å². The van der Waals surface area contributed by atoms with E-state index < -0.39 is 10.0 Å². The first-order valence-electron chi connectivity index (χ1n) is 7.85. The number of carbonyl (C=O) groups is 1. The van der Waals surface area contributed by atoms with Crippen molar-refractivity contribution in [2.45, 2.75) is 13.0 Å². The van der Waals surface area contributed by atoms with E-state index in [0.717, 1.165) is 11.1 Å². The van der Waals surface area contributed by atoms with Crippen molar-refractivity contribution in [3.8, 4) is 5.75 Å². The highest BCUT2D eigenvalue weighted by molar-refractivity contribution is 7.88. The van der Waals surface area contributed by atoms with E-state index in [1.807, 2.05) is 0 Å². The molecule has 3 rings (SSSR count). The largest absolute Gasteiger partial charge is 0.495 e. The van der Waals surface area contributed by atoms with Gasteiger partial charge in [-0.05, 0) is 35.7 Å². The number of hydrogen-bond acceptors (Lipinski definition) is 5. The molecule has 0 bridgehead atoms. The van der Waals surface area contributed by atoms with Gasteiger partial charge in [-0.25, -0.2) is 8.42 Å². The van der Waals surface area contributed by atoms with Crippen LogP contribution in [0, 0.1) is 0 Å². The van der Waals surface area contributed by atoms with Crippen LogP contribution in [0.5, 0.6) is 5.75 Å². The van der Waals surface area contributed by atoms with Crippen LogP contribution in [-0.4, -0.2) is 43.5 Å². The molecule has 1 aliphatic rings. The summed E-state index contributed by atoms with van der Waals surface area (Å²) >= 11 is 6.08. The lowest BCUT2D eigenvalue weighted by molar-refractivity contribution is 0.102. The molecule has 1 amide bonds. The summed E-state index contributed by atoms with van der Waals surface area (Å²) < 4.78 is 30.0. The highest BCUT2D eigenvalue weighted by atomic mass is 35.5. The molecule has 2 aromatic rings. The van der Waals surface area contributed by atoms with Gasteiger partial charge in [-0.1, -0.05) is 11.6 Å². The van der Waals surface area contributed by atoms with Crippen molar-refractivity contribution in [1.82, 2.24) is 9.29 Å². The van der Waals surface area contributed by atoms with Gasteiger partial charge in [0.15, 0.2) is 0 Å². The van der Waals surface area contributed by atoms with E-state index in [2.05, 4.69) is 10.3 Å². The SMILES string of the molecule is COc1ccc(NC(=O)c2cncc3c2CCN(S(C)(=O)=O)C3)cc1Cl. The van der Waals surface area contributed by atoms with E-state index in [0.29, 0.717) is 35.0 Å². The molecule has 1 aromatic carbocycles. The Bertz CT molecular complexity index is 962. The predicted molar refractivity (Wildman–Crippen MR) is 99.2 cm³/mol. The van der Waals surface area contributed by atoms with Gasteiger partial charge in [-0.15, -0.1) is 0 Å². The summed E-state index contributed by atoms with van der Waals surface area (Å²) in [5.41, 5.74) is 2.52. The number of nitrogens with zero attached hydrogens (tertiary/aromatic N) is 2. The molecule has 7 nitrogen and oxygen atoms in total. The molecule has 0 spiro atoms. The van der Waals surface area contributed by atoms with Crippen molar-refractivity contribution >= 4 is 33.2 Å². The summed E-state index contributed by atoms with van der Waals surface area (Å²) in [5, 5.41) is 3.18. The monoisotopic (exact) mass is 395 g/mol. The number of carbonyl (C=O) groups excluding carboxylic acids is 1.